The Labute approximate surface area is 177 Å². The van der Waals surface area contributed by atoms with Gasteiger partial charge in [0.25, 0.3) is 0 Å². The Hall–Kier alpha value is -2.88. The molecule has 6 heteroatoms. The van der Waals surface area contributed by atoms with Gasteiger partial charge in [-0.05, 0) is 71.9 Å². The molecule has 0 amide bonds. The molecule has 3 aromatic carbocycles. The zero-order valence-electron chi connectivity index (χ0n) is 15.7. The number of rotatable bonds is 5. The Morgan fingerprint density at radius 1 is 0.931 bits per heavy atom. The molecule has 0 aliphatic heterocycles. The van der Waals surface area contributed by atoms with Crippen LogP contribution in [0.25, 0.3) is 6.08 Å². The molecule has 0 saturated heterocycles. The van der Waals surface area contributed by atoms with E-state index >= 15 is 0 Å². The van der Waals surface area contributed by atoms with Crippen molar-refractivity contribution in [2.24, 2.45) is 0 Å². The topological polar surface area (TPSA) is 52.6 Å². The van der Waals surface area contributed by atoms with E-state index in [2.05, 4.69) is 21.9 Å². The van der Waals surface area contributed by atoms with Crippen LogP contribution in [0, 0.1) is 6.92 Å². The van der Waals surface area contributed by atoms with E-state index in [1.165, 1.54) is 6.08 Å². The van der Waals surface area contributed by atoms with Gasteiger partial charge in [0.15, 0.2) is 0 Å². The van der Waals surface area contributed by atoms with Crippen molar-refractivity contribution in [2.45, 2.75) is 11.8 Å². The van der Waals surface area contributed by atoms with Crippen LogP contribution in [-0.2, 0) is 4.79 Å². The van der Waals surface area contributed by atoms with E-state index in [0.717, 1.165) is 15.8 Å². The van der Waals surface area contributed by atoms with Crippen LogP contribution in [0.1, 0.15) is 21.5 Å². The van der Waals surface area contributed by atoms with Crippen molar-refractivity contribution < 1.29 is 19.1 Å². The van der Waals surface area contributed by atoms with Crippen molar-refractivity contribution >= 4 is 45.2 Å². The summed E-state index contributed by atoms with van der Waals surface area (Å²) in [7, 11) is 2.61. The summed E-state index contributed by atoms with van der Waals surface area (Å²) in [5, 5.41) is 1.07. The van der Waals surface area contributed by atoms with Gasteiger partial charge in [-0.3, -0.25) is 0 Å². The van der Waals surface area contributed by atoms with E-state index in [4.69, 9.17) is 9.47 Å². The Morgan fingerprint density at radius 2 is 1.62 bits per heavy atom. The average Bonchev–Trinajstić information content (AvgIpc) is 2.70. The molecule has 0 saturated carbocycles. The van der Waals surface area contributed by atoms with Gasteiger partial charge < -0.3 is 9.47 Å². The first-order valence-electron chi connectivity index (χ1n) is 8.78. The van der Waals surface area contributed by atoms with Crippen LogP contribution in [0.4, 0.5) is 0 Å². The minimum absolute atomic E-state index is 0.371. The predicted molar refractivity (Wildman–Crippen MR) is 120 cm³/mol. The summed E-state index contributed by atoms with van der Waals surface area (Å²) < 4.78 is 10.7. The van der Waals surface area contributed by atoms with Gasteiger partial charge in [-0.1, -0.05) is 24.3 Å². The Morgan fingerprint density at radius 3 is 2.28 bits per heavy atom. The highest BCUT2D eigenvalue weighted by Crippen LogP contribution is 2.24. The SMILES string of the molecule is Cc1cc(OC(=O)c2ccc(S)cc2)ccc1OC(=O)/C=C/c1ccc(P)cc1. The van der Waals surface area contributed by atoms with Gasteiger partial charge in [-0.25, -0.2) is 9.59 Å². The van der Waals surface area contributed by atoms with E-state index in [0.29, 0.717) is 22.6 Å². The summed E-state index contributed by atoms with van der Waals surface area (Å²) in [6.45, 7) is 1.77. The zero-order valence-corrected chi connectivity index (χ0v) is 17.7. The van der Waals surface area contributed by atoms with Gasteiger partial charge in [0.1, 0.15) is 11.5 Å². The molecule has 0 spiro atoms. The van der Waals surface area contributed by atoms with Crippen molar-refractivity contribution in [1.29, 1.82) is 0 Å². The number of esters is 2. The first-order valence-corrected chi connectivity index (χ1v) is 9.80. The lowest BCUT2D eigenvalue weighted by molar-refractivity contribution is -0.128. The molecular formula is C23H19O4PS. The number of carbonyl (C=O) groups is 2. The number of hydrogen-bond donors (Lipinski definition) is 1. The lowest BCUT2D eigenvalue weighted by Crippen LogP contribution is -2.09. The Bertz CT molecular complexity index is 1060. The van der Waals surface area contributed by atoms with Crippen LogP contribution >= 0.6 is 21.9 Å². The summed E-state index contributed by atoms with van der Waals surface area (Å²) in [6, 6.07) is 19.3. The molecule has 1 unspecified atom stereocenters. The Balaban J connectivity index is 1.62. The van der Waals surface area contributed by atoms with Crippen LogP contribution < -0.4 is 14.8 Å². The van der Waals surface area contributed by atoms with Crippen LogP contribution in [0.2, 0.25) is 0 Å². The molecule has 4 nitrogen and oxygen atoms in total. The van der Waals surface area contributed by atoms with E-state index in [1.807, 2.05) is 24.3 Å². The van der Waals surface area contributed by atoms with E-state index in [-0.39, 0.29) is 0 Å². The van der Waals surface area contributed by atoms with E-state index in [9.17, 15) is 9.59 Å². The van der Waals surface area contributed by atoms with Gasteiger partial charge >= 0.3 is 11.9 Å². The molecule has 0 fully saturated rings. The summed E-state index contributed by atoms with van der Waals surface area (Å²) in [5.41, 5.74) is 2.00. The zero-order chi connectivity index (χ0) is 20.8. The van der Waals surface area contributed by atoms with Crippen LogP contribution in [0.15, 0.2) is 77.7 Å². The largest absolute Gasteiger partial charge is 0.423 e. The quantitative estimate of drug-likeness (QED) is 0.214. The highest BCUT2D eigenvalue weighted by atomic mass is 32.1. The summed E-state index contributed by atoms with van der Waals surface area (Å²) in [6.07, 6.45) is 3.06. The third-order valence-corrected chi connectivity index (χ3v) is 4.70. The molecule has 0 aromatic heterocycles. The predicted octanol–water partition coefficient (Wildman–Crippen LogP) is 4.62. The average molecular weight is 422 g/mol. The lowest BCUT2D eigenvalue weighted by Gasteiger charge is -2.09. The fourth-order valence-electron chi connectivity index (χ4n) is 2.48. The van der Waals surface area contributed by atoms with Crippen molar-refractivity contribution in [3.05, 3.63) is 89.5 Å². The molecule has 0 heterocycles. The standard InChI is InChI=1S/C23H19O4PS/c1-15-14-18(26-23(25)17-5-10-20(29)11-6-17)7-12-21(15)27-22(24)13-4-16-2-8-19(28)9-3-16/h2-14,29H,28H2,1H3/b13-4+. The minimum atomic E-state index is -0.486. The lowest BCUT2D eigenvalue weighted by atomic mass is 10.2. The molecule has 0 bridgehead atoms. The smallest absolute Gasteiger partial charge is 0.343 e. The molecule has 3 rings (SSSR count). The third kappa shape index (κ3) is 6.05. The van der Waals surface area contributed by atoms with Gasteiger partial charge in [0.2, 0.25) is 0 Å². The maximum atomic E-state index is 12.2. The summed E-state index contributed by atoms with van der Waals surface area (Å²) in [4.78, 5) is 25.0. The summed E-state index contributed by atoms with van der Waals surface area (Å²) >= 11 is 4.19. The Kier molecular flexibility index (Phi) is 6.86. The van der Waals surface area contributed by atoms with Gasteiger partial charge in [0, 0.05) is 11.0 Å². The second kappa shape index (κ2) is 9.55. The molecule has 1 atom stereocenters. The fraction of sp³-hybridized carbons (Fsp3) is 0.0435. The van der Waals surface area contributed by atoms with Crippen molar-refractivity contribution in [3.63, 3.8) is 0 Å². The van der Waals surface area contributed by atoms with Crippen LogP contribution in [-0.4, -0.2) is 11.9 Å². The molecule has 0 aliphatic rings. The molecular weight excluding hydrogens is 403 g/mol. The summed E-state index contributed by atoms with van der Waals surface area (Å²) in [5.74, 6) is -0.184. The van der Waals surface area contributed by atoms with Crippen molar-refractivity contribution in [3.8, 4) is 11.5 Å². The monoisotopic (exact) mass is 422 g/mol. The van der Waals surface area contributed by atoms with E-state index in [1.54, 1.807) is 55.5 Å². The first kappa shape index (κ1) is 20.8. The molecule has 0 radical (unpaired) electrons. The minimum Gasteiger partial charge on any atom is -0.423 e. The molecule has 0 aliphatic carbocycles. The first-order chi connectivity index (χ1) is 13.9. The highest BCUT2D eigenvalue weighted by molar-refractivity contribution is 7.80. The number of ether oxygens (including phenoxy) is 2. The molecule has 3 aromatic rings. The highest BCUT2D eigenvalue weighted by Gasteiger charge is 2.11. The van der Waals surface area contributed by atoms with Crippen LogP contribution in [0.5, 0.6) is 11.5 Å². The number of aryl methyl sites for hydroxylation is 1. The van der Waals surface area contributed by atoms with E-state index < -0.39 is 11.9 Å². The normalized spacial score (nSPS) is 10.7. The second-order valence-corrected chi connectivity index (χ2v) is 7.47. The number of benzene rings is 3. The second-order valence-electron chi connectivity index (χ2n) is 6.28. The van der Waals surface area contributed by atoms with Crippen LogP contribution in [0.3, 0.4) is 0 Å². The van der Waals surface area contributed by atoms with Gasteiger partial charge in [0.05, 0.1) is 5.56 Å². The van der Waals surface area contributed by atoms with Gasteiger partial charge in [-0.2, -0.15) is 0 Å². The van der Waals surface area contributed by atoms with Crippen molar-refractivity contribution in [2.75, 3.05) is 0 Å². The third-order valence-electron chi connectivity index (χ3n) is 4.02. The van der Waals surface area contributed by atoms with Crippen molar-refractivity contribution in [1.82, 2.24) is 0 Å². The number of carbonyl (C=O) groups excluding carboxylic acids is 2. The maximum absolute atomic E-state index is 12.2. The number of thiol groups is 1. The maximum Gasteiger partial charge on any atom is 0.343 e. The fourth-order valence-corrected chi connectivity index (χ4v) is 2.82. The number of hydrogen-bond acceptors (Lipinski definition) is 5. The molecule has 146 valence electrons. The van der Waals surface area contributed by atoms with Gasteiger partial charge in [-0.15, -0.1) is 21.9 Å². The molecule has 29 heavy (non-hydrogen) atoms. The molecule has 0 N–H and O–H groups in total.